The molecule has 1 aromatic heterocycles. The number of nitrogens with zero attached hydrogens (tertiary/aromatic N) is 2. The summed E-state index contributed by atoms with van der Waals surface area (Å²) in [5, 5.41) is 0. The van der Waals surface area contributed by atoms with Gasteiger partial charge in [0, 0.05) is 31.5 Å². The van der Waals surface area contributed by atoms with Crippen LogP contribution in [-0.2, 0) is 23.1 Å². The van der Waals surface area contributed by atoms with Crippen molar-refractivity contribution in [1.82, 2.24) is 14.3 Å². The highest BCUT2D eigenvalue weighted by Gasteiger charge is 2.19. The van der Waals surface area contributed by atoms with E-state index >= 15 is 0 Å². The molecule has 1 aliphatic rings. The van der Waals surface area contributed by atoms with Crippen molar-refractivity contribution in [3.8, 4) is 11.5 Å². The maximum absolute atomic E-state index is 12.6. The highest BCUT2D eigenvalue weighted by atomic mass is 32.2. The molecule has 3 aromatic rings. The Morgan fingerprint density at radius 2 is 1.74 bits per heavy atom. The predicted octanol–water partition coefficient (Wildman–Crippen LogP) is 2.18. The summed E-state index contributed by atoms with van der Waals surface area (Å²) >= 11 is 0. The van der Waals surface area contributed by atoms with Crippen molar-refractivity contribution in [2.75, 3.05) is 13.2 Å². The molecule has 4 rings (SSSR count). The average molecular weight is 385 g/mol. The molecule has 0 saturated carbocycles. The van der Waals surface area contributed by atoms with Gasteiger partial charge in [-0.2, -0.15) is 0 Å². The molecule has 27 heavy (non-hydrogen) atoms. The Hall–Kier alpha value is -2.84. The minimum atomic E-state index is -3.64. The van der Waals surface area contributed by atoms with Crippen molar-refractivity contribution in [2.24, 2.45) is 0 Å². The maximum atomic E-state index is 12.6. The molecule has 7 nitrogen and oxygen atoms in total. The first-order valence-corrected chi connectivity index (χ1v) is 10.0. The van der Waals surface area contributed by atoms with Crippen LogP contribution in [0.5, 0.6) is 11.5 Å². The number of aromatic nitrogens is 2. The summed E-state index contributed by atoms with van der Waals surface area (Å²) in [4.78, 5) is 4.17. The fourth-order valence-corrected chi connectivity index (χ4v) is 3.84. The van der Waals surface area contributed by atoms with Gasteiger partial charge in [0.2, 0.25) is 10.0 Å². The standard InChI is InChI=1S/C19H19N3O4S/c23-27(24,17-5-6-18-19(11-17)26-10-9-25-18)21-12-15-1-3-16(4-2-15)13-22-8-7-20-14-22/h1-8,11,14,21H,9-10,12-13H2. The van der Waals surface area contributed by atoms with Gasteiger partial charge < -0.3 is 14.0 Å². The van der Waals surface area contributed by atoms with E-state index in [0.717, 1.165) is 17.7 Å². The molecule has 1 N–H and O–H groups in total. The number of benzene rings is 2. The molecule has 0 radical (unpaired) electrons. The smallest absolute Gasteiger partial charge is 0.241 e. The largest absolute Gasteiger partial charge is 0.486 e. The lowest BCUT2D eigenvalue weighted by Gasteiger charge is -2.19. The highest BCUT2D eigenvalue weighted by molar-refractivity contribution is 7.89. The first-order valence-electron chi connectivity index (χ1n) is 8.53. The Morgan fingerprint density at radius 1 is 1.00 bits per heavy atom. The lowest BCUT2D eigenvalue weighted by molar-refractivity contribution is 0.171. The van der Waals surface area contributed by atoms with Crippen LogP contribution in [0.4, 0.5) is 0 Å². The van der Waals surface area contributed by atoms with Gasteiger partial charge in [0.1, 0.15) is 13.2 Å². The van der Waals surface area contributed by atoms with Crippen LogP contribution in [-0.4, -0.2) is 31.2 Å². The number of imidazole rings is 1. The molecule has 0 saturated heterocycles. The number of hydrogen-bond acceptors (Lipinski definition) is 5. The fourth-order valence-electron chi connectivity index (χ4n) is 2.81. The van der Waals surface area contributed by atoms with Gasteiger partial charge in [-0.15, -0.1) is 0 Å². The van der Waals surface area contributed by atoms with E-state index in [1.54, 1.807) is 18.6 Å². The second-order valence-electron chi connectivity index (χ2n) is 6.18. The topological polar surface area (TPSA) is 82.5 Å². The summed E-state index contributed by atoms with van der Waals surface area (Å²) in [6.45, 7) is 1.81. The van der Waals surface area contributed by atoms with Gasteiger partial charge in [-0.25, -0.2) is 18.1 Å². The summed E-state index contributed by atoms with van der Waals surface area (Å²) < 4.78 is 40.6. The lowest BCUT2D eigenvalue weighted by atomic mass is 10.1. The molecular formula is C19H19N3O4S. The van der Waals surface area contributed by atoms with Crippen LogP contribution in [0.3, 0.4) is 0 Å². The normalized spacial score (nSPS) is 13.5. The molecule has 140 valence electrons. The number of sulfonamides is 1. The Labute approximate surface area is 157 Å². The van der Waals surface area contributed by atoms with E-state index in [-0.39, 0.29) is 11.4 Å². The Balaban J connectivity index is 1.41. The maximum Gasteiger partial charge on any atom is 0.241 e. The molecule has 8 heteroatoms. The van der Waals surface area contributed by atoms with Gasteiger partial charge in [0.15, 0.2) is 11.5 Å². The van der Waals surface area contributed by atoms with Crippen LogP contribution < -0.4 is 14.2 Å². The second-order valence-corrected chi connectivity index (χ2v) is 7.95. The predicted molar refractivity (Wildman–Crippen MR) is 99.2 cm³/mol. The Morgan fingerprint density at radius 3 is 2.48 bits per heavy atom. The monoisotopic (exact) mass is 385 g/mol. The summed E-state index contributed by atoms with van der Waals surface area (Å²) in [6, 6.07) is 12.4. The van der Waals surface area contributed by atoms with Crippen LogP contribution in [0.1, 0.15) is 11.1 Å². The Kier molecular flexibility index (Phi) is 4.83. The van der Waals surface area contributed by atoms with E-state index in [2.05, 4.69) is 9.71 Å². The summed E-state index contributed by atoms with van der Waals surface area (Å²) in [5.41, 5.74) is 2.00. The molecule has 2 aromatic carbocycles. The first kappa shape index (κ1) is 17.6. The van der Waals surface area contributed by atoms with E-state index < -0.39 is 10.0 Å². The molecule has 2 heterocycles. The zero-order chi connectivity index (χ0) is 18.7. The minimum absolute atomic E-state index is 0.156. The number of hydrogen-bond donors (Lipinski definition) is 1. The van der Waals surface area contributed by atoms with Crippen LogP contribution >= 0.6 is 0 Å². The third-order valence-corrected chi connectivity index (χ3v) is 5.64. The molecule has 1 aliphatic heterocycles. The van der Waals surface area contributed by atoms with Crippen molar-refractivity contribution in [1.29, 1.82) is 0 Å². The van der Waals surface area contributed by atoms with E-state index in [9.17, 15) is 8.42 Å². The van der Waals surface area contributed by atoms with E-state index in [1.165, 1.54) is 12.1 Å². The third kappa shape index (κ3) is 4.12. The highest BCUT2D eigenvalue weighted by Crippen LogP contribution is 2.32. The number of ether oxygens (including phenoxy) is 2. The first-order chi connectivity index (χ1) is 13.1. The molecule has 0 atom stereocenters. The minimum Gasteiger partial charge on any atom is -0.486 e. The molecular weight excluding hydrogens is 366 g/mol. The van der Waals surface area contributed by atoms with E-state index in [0.29, 0.717) is 24.7 Å². The molecule has 0 amide bonds. The average Bonchev–Trinajstić information content (AvgIpc) is 3.20. The van der Waals surface area contributed by atoms with Gasteiger partial charge in [0.05, 0.1) is 11.2 Å². The van der Waals surface area contributed by atoms with Crippen LogP contribution in [0.2, 0.25) is 0 Å². The van der Waals surface area contributed by atoms with Gasteiger partial charge in [-0.3, -0.25) is 0 Å². The molecule has 0 fully saturated rings. The van der Waals surface area contributed by atoms with E-state index in [1.807, 2.05) is 35.0 Å². The van der Waals surface area contributed by atoms with Gasteiger partial charge in [-0.05, 0) is 23.3 Å². The summed E-state index contributed by atoms with van der Waals surface area (Å²) in [7, 11) is -3.64. The van der Waals surface area contributed by atoms with Crippen LogP contribution in [0.15, 0.2) is 66.1 Å². The lowest BCUT2D eigenvalue weighted by Crippen LogP contribution is -2.24. The van der Waals surface area contributed by atoms with Gasteiger partial charge in [-0.1, -0.05) is 24.3 Å². The second kappa shape index (κ2) is 7.42. The van der Waals surface area contributed by atoms with E-state index in [4.69, 9.17) is 9.47 Å². The zero-order valence-electron chi connectivity index (χ0n) is 14.5. The summed E-state index contributed by atoms with van der Waals surface area (Å²) in [5.74, 6) is 1.02. The number of rotatable bonds is 6. The van der Waals surface area contributed by atoms with Crippen molar-refractivity contribution in [3.05, 3.63) is 72.3 Å². The van der Waals surface area contributed by atoms with Crippen molar-refractivity contribution < 1.29 is 17.9 Å². The molecule has 0 bridgehead atoms. The quantitative estimate of drug-likeness (QED) is 0.703. The van der Waals surface area contributed by atoms with Gasteiger partial charge >= 0.3 is 0 Å². The number of nitrogens with one attached hydrogen (secondary N) is 1. The number of fused-ring (bicyclic) bond motifs is 1. The molecule has 0 spiro atoms. The molecule has 0 aliphatic carbocycles. The van der Waals surface area contributed by atoms with Crippen LogP contribution in [0, 0.1) is 0 Å². The fraction of sp³-hybridized carbons (Fsp3) is 0.211. The third-order valence-electron chi connectivity index (χ3n) is 4.24. The van der Waals surface area contributed by atoms with Crippen molar-refractivity contribution in [2.45, 2.75) is 18.0 Å². The summed E-state index contributed by atoms with van der Waals surface area (Å²) in [6.07, 6.45) is 5.39. The van der Waals surface area contributed by atoms with Crippen molar-refractivity contribution in [3.63, 3.8) is 0 Å². The Bertz CT molecular complexity index is 1020. The van der Waals surface area contributed by atoms with Gasteiger partial charge in [0.25, 0.3) is 0 Å². The SMILES string of the molecule is O=S(=O)(NCc1ccc(Cn2ccnc2)cc1)c1ccc2c(c1)OCCO2. The molecule has 0 unspecified atom stereocenters. The van der Waals surface area contributed by atoms with Crippen LogP contribution in [0.25, 0.3) is 0 Å². The van der Waals surface area contributed by atoms with Crippen molar-refractivity contribution >= 4 is 10.0 Å². The zero-order valence-corrected chi connectivity index (χ0v) is 15.4.